The van der Waals surface area contributed by atoms with Crippen LogP contribution in [0.15, 0.2) is 30.3 Å². The molecule has 0 aliphatic heterocycles. The van der Waals surface area contributed by atoms with Crippen LogP contribution in [-0.2, 0) is 11.2 Å². The van der Waals surface area contributed by atoms with Crippen molar-refractivity contribution in [2.45, 2.75) is 25.8 Å². The first kappa shape index (κ1) is 16.2. The van der Waals surface area contributed by atoms with Crippen LogP contribution in [0, 0.1) is 0 Å². The molecule has 0 fully saturated rings. The molecule has 0 saturated carbocycles. The predicted molar refractivity (Wildman–Crippen MR) is 81.6 cm³/mol. The number of nitrogens with one attached hydrogen (secondary N) is 1. The average molecular weight is 264 g/mol. The Kier molecular flexibility index (Phi) is 8.47. The lowest BCUT2D eigenvalue weighted by Gasteiger charge is -2.14. The molecule has 0 amide bonds. The first-order valence-corrected chi connectivity index (χ1v) is 7.18. The minimum atomic E-state index is 0.539. The molecule has 19 heavy (non-hydrogen) atoms. The third-order valence-corrected chi connectivity index (χ3v) is 3.13. The summed E-state index contributed by atoms with van der Waals surface area (Å²) >= 11 is 0. The van der Waals surface area contributed by atoms with E-state index in [0.29, 0.717) is 6.04 Å². The van der Waals surface area contributed by atoms with Crippen LogP contribution in [0.25, 0.3) is 0 Å². The average Bonchev–Trinajstić information content (AvgIpc) is 2.41. The fourth-order valence-electron chi connectivity index (χ4n) is 1.86. The van der Waals surface area contributed by atoms with Gasteiger partial charge in [0.05, 0.1) is 13.2 Å². The van der Waals surface area contributed by atoms with Gasteiger partial charge in [0.1, 0.15) is 0 Å². The number of hydrogen-bond donors (Lipinski definition) is 1. The standard InChI is InChI=1S/C16H28N2O/c1-15(9-10-16-7-5-4-6-8-16)17-11-13-19-14-12-18(2)3/h4-8,15,17H,9-14H2,1-3H3. The van der Waals surface area contributed by atoms with E-state index in [1.165, 1.54) is 12.0 Å². The highest BCUT2D eigenvalue weighted by atomic mass is 16.5. The van der Waals surface area contributed by atoms with Gasteiger partial charge in [-0.3, -0.25) is 0 Å². The van der Waals surface area contributed by atoms with Crippen molar-refractivity contribution in [3.8, 4) is 0 Å². The number of likely N-dealkylation sites (N-methyl/N-ethyl adjacent to an activating group) is 1. The Balaban J connectivity index is 1.98. The van der Waals surface area contributed by atoms with Gasteiger partial charge in [0.15, 0.2) is 0 Å². The molecule has 0 radical (unpaired) electrons. The van der Waals surface area contributed by atoms with E-state index in [4.69, 9.17) is 4.74 Å². The van der Waals surface area contributed by atoms with Gasteiger partial charge in [0.2, 0.25) is 0 Å². The maximum atomic E-state index is 5.55. The second-order valence-electron chi connectivity index (χ2n) is 5.30. The molecule has 1 atom stereocenters. The lowest BCUT2D eigenvalue weighted by Crippen LogP contribution is -2.30. The zero-order chi connectivity index (χ0) is 13.9. The van der Waals surface area contributed by atoms with Crippen LogP contribution >= 0.6 is 0 Å². The van der Waals surface area contributed by atoms with Crippen LogP contribution in [0.1, 0.15) is 18.9 Å². The molecule has 108 valence electrons. The van der Waals surface area contributed by atoms with E-state index in [-0.39, 0.29) is 0 Å². The highest BCUT2D eigenvalue weighted by Crippen LogP contribution is 2.04. The molecule has 1 aromatic carbocycles. The van der Waals surface area contributed by atoms with E-state index in [9.17, 15) is 0 Å². The SMILES string of the molecule is CC(CCc1ccccc1)NCCOCCN(C)C. The molecule has 0 aromatic heterocycles. The maximum absolute atomic E-state index is 5.55. The van der Waals surface area contributed by atoms with Crippen molar-refractivity contribution in [1.29, 1.82) is 0 Å². The third kappa shape index (κ3) is 8.76. The zero-order valence-electron chi connectivity index (χ0n) is 12.6. The molecule has 0 spiro atoms. The van der Waals surface area contributed by atoms with Crippen LogP contribution < -0.4 is 5.32 Å². The lowest BCUT2D eigenvalue weighted by atomic mass is 10.1. The van der Waals surface area contributed by atoms with Gasteiger partial charge in [0.25, 0.3) is 0 Å². The Labute approximate surface area is 118 Å². The minimum Gasteiger partial charge on any atom is -0.379 e. The number of ether oxygens (including phenoxy) is 1. The Morgan fingerprint density at radius 2 is 1.89 bits per heavy atom. The van der Waals surface area contributed by atoms with Crippen molar-refractivity contribution in [3.05, 3.63) is 35.9 Å². The fourth-order valence-corrected chi connectivity index (χ4v) is 1.86. The summed E-state index contributed by atoms with van der Waals surface area (Å²) in [6, 6.07) is 11.2. The molecule has 1 rings (SSSR count). The van der Waals surface area contributed by atoms with Crippen LogP contribution in [0.3, 0.4) is 0 Å². The van der Waals surface area contributed by atoms with Gasteiger partial charge in [-0.15, -0.1) is 0 Å². The van der Waals surface area contributed by atoms with E-state index in [1.807, 2.05) is 0 Å². The number of hydrogen-bond acceptors (Lipinski definition) is 3. The molecule has 0 heterocycles. The quantitative estimate of drug-likeness (QED) is 0.656. The number of rotatable bonds is 10. The minimum absolute atomic E-state index is 0.539. The van der Waals surface area contributed by atoms with E-state index in [2.05, 4.69) is 61.6 Å². The van der Waals surface area contributed by atoms with Crippen molar-refractivity contribution in [1.82, 2.24) is 10.2 Å². The molecule has 0 saturated heterocycles. The zero-order valence-corrected chi connectivity index (χ0v) is 12.6. The number of nitrogens with zero attached hydrogens (tertiary/aromatic N) is 1. The summed E-state index contributed by atoms with van der Waals surface area (Å²) in [5.74, 6) is 0. The van der Waals surface area contributed by atoms with Gasteiger partial charge in [-0.25, -0.2) is 0 Å². The molecule has 3 heteroatoms. The molecular formula is C16H28N2O. The van der Waals surface area contributed by atoms with Crippen molar-refractivity contribution in [3.63, 3.8) is 0 Å². The van der Waals surface area contributed by atoms with Gasteiger partial charge in [-0.1, -0.05) is 30.3 Å². The van der Waals surface area contributed by atoms with Gasteiger partial charge in [-0.2, -0.15) is 0 Å². The largest absolute Gasteiger partial charge is 0.379 e. The molecule has 1 N–H and O–H groups in total. The van der Waals surface area contributed by atoms with Crippen LogP contribution in [0.4, 0.5) is 0 Å². The fraction of sp³-hybridized carbons (Fsp3) is 0.625. The molecule has 0 aliphatic rings. The number of aryl methyl sites for hydroxylation is 1. The van der Waals surface area contributed by atoms with Gasteiger partial charge < -0.3 is 15.0 Å². The summed E-state index contributed by atoms with van der Waals surface area (Å²) in [6.07, 6.45) is 2.30. The van der Waals surface area contributed by atoms with E-state index in [0.717, 1.165) is 32.7 Å². The van der Waals surface area contributed by atoms with Crippen molar-refractivity contribution in [2.24, 2.45) is 0 Å². The summed E-state index contributed by atoms with van der Waals surface area (Å²) in [5, 5.41) is 3.50. The molecule has 1 aromatic rings. The van der Waals surface area contributed by atoms with Crippen molar-refractivity contribution >= 4 is 0 Å². The maximum Gasteiger partial charge on any atom is 0.0593 e. The van der Waals surface area contributed by atoms with Crippen LogP contribution in [0.2, 0.25) is 0 Å². The highest BCUT2D eigenvalue weighted by molar-refractivity contribution is 5.14. The monoisotopic (exact) mass is 264 g/mol. The van der Waals surface area contributed by atoms with E-state index in [1.54, 1.807) is 0 Å². The van der Waals surface area contributed by atoms with Gasteiger partial charge in [0, 0.05) is 19.1 Å². The second kappa shape index (κ2) is 9.96. The van der Waals surface area contributed by atoms with E-state index >= 15 is 0 Å². The topological polar surface area (TPSA) is 24.5 Å². The Morgan fingerprint density at radius 3 is 2.58 bits per heavy atom. The van der Waals surface area contributed by atoms with Gasteiger partial charge in [-0.05, 0) is 39.4 Å². The summed E-state index contributed by atoms with van der Waals surface area (Å²) in [5.41, 5.74) is 1.42. The molecule has 0 bridgehead atoms. The highest BCUT2D eigenvalue weighted by Gasteiger charge is 2.01. The Bertz CT molecular complexity index is 314. The second-order valence-corrected chi connectivity index (χ2v) is 5.30. The Morgan fingerprint density at radius 1 is 1.16 bits per heavy atom. The lowest BCUT2D eigenvalue weighted by molar-refractivity contribution is 0.117. The predicted octanol–water partition coefficient (Wildman–Crippen LogP) is 2.18. The first-order chi connectivity index (χ1) is 9.18. The molecule has 0 aliphatic carbocycles. The molecular weight excluding hydrogens is 236 g/mol. The van der Waals surface area contributed by atoms with E-state index < -0.39 is 0 Å². The Hall–Kier alpha value is -0.900. The van der Waals surface area contributed by atoms with Gasteiger partial charge >= 0.3 is 0 Å². The first-order valence-electron chi connectivity index (χ1n) is 7.18. The van der Waals surface area contributed by atoms with Crippen molar-refractivity contribution < 1.29 is 4.74 Å². The molecule has 1 unspecified atom stereocenters. The molecule has 3 nitrogen and oxygen atoms in total. The van der Waals surface area contributed by atoms with Crippen LogP contribution in [-0.4, -0.2) is 51.3 Å². The smallest absolute Gasteiger partial charge is 0.0593 e. The normalized spacial score (nSPS) is 12.8. The van der Waals surface area contributed by atoms with Crippen molar-refractivity contribution in [2.75, 3.05) is 40.4 Å². The number of benzene rings is 1. The summed E-state index contributed by atoms with van der Waals surface area (Å²) in [4.78, 5) is 2.13. The van der Waals surface area contributed by atoms with Crippen LogP contribution in [0.5, 0.6) is 0 Å². The summed E-state index contributed by atoms with van der Waals surface area (Å²) in [7, 11) is 4.13. The summed E-state index contributed by atoms with van der Waals surface area (Å²) < 4.78 is 5.55. The summed E-state index contributed by atoms with van der Waals surface area (Å²) in [6.45, 7) is 5.77. The third-order valence-electron chi connectivity index (χ3n) is 3.13.